The van der Waals surface area contributed by atoms with Gasteiger partial charge in [0.15, 0.2) is 5.13 Å². The number of hydrogen-bond acceptors (Lipinski definition) is 4. The van der Waals surface area contributed by atoms with E-state index in [-0.39, 0.29) is 5.56 Å². The zero-order valence-electron chi connectivity index (χ0n) is 10.1. The minimum atomic E-state index is -0.417. The SMILES string of the molecule is CC(C)c1csc(Nc2ccc(F)cc2C#N)n1. The van der Waals surface area contributed by atoms with Gasteiger partial charge >= 0.3 is 0 Å². The van der Waals surface area contributed by atoms with Crippen molar-refractivity contribution in [3.05, 3.63) is 40.7 Å². The highest BCUT2D eigenvalue weighted by atomic mass is 32.1. The van der Waals surface area contributed by atoms with E-state index in [4.69, 9.17) is 5.26 Å². The summed E-state index contributed by atoms with van der Waals surface area (Å²) in [5.74, 6) is -0.0560. The fourth-order valence-corrected chi connectivity index (χ4v) is 2.33. The van der Waals surface area contributed by atoms with Gasteiger partial charge in [-0.25, -0.2) is 9.37 Å². The Morgan fingerprint density at radius 2 is 2.22 bits per heavy atom. The molecule has 5 heteroatoms. The third-order valence-corrected chi connectivity index (χ3v) is 3.23. The molecule has 0 radical (unpaired) electrons. The van der Waals surface area contributed by atoms with Crippen LogP contribution in [0.3, 0.4) is 0 Å². The number of nitriles is 1. The van der Waals surface area contributed by atoms with Crippen LogP contribution in [0.1, 0.15) is 31.0 Å². The number of halogens is 1. The number of aromatic nitrogens is 1. The Morgan fingerprint density at radius 1 is 1.44 bits per heavy atom. The van der Waals surface area contributed by atoms with E-state index in [1.807, 2.05) is 11.4 Å². The topological polar surface area (TPSA) is 48.7 Å². The number of anilines is 2. The van der Waals surface area contributed by atoms with Crippen molar-refractivity contribution < 1.29 is 4.39 Å². The summed E-state index contributed by atoms with van der Waals surface area (Å²) in [6.07, 6.45) is 0. The average molecular weight is 261 g/mol. The molecule has 0 aliphatic rings. The minimum Gasteiger partial charge on any atom is -0.330 e. The second-order valence-electron chi connectivity index (χ2n) is 4.16. The standard InChI is InChI=1S/C13H12FN3S/c1-8(2)12-7-18-13(17-12)16-11-4-3-10(14)5-9(11)6-15/h3-5,7-8H,1-2H3,(H,16,17). The van der Waals surface area contributed by atoms with Crippen LogP contribution in [0.5, 0.6) is 0 Å². The fourth-order valence-electron chi connectivity index (χ4n) is 1.44. The summed E-state index contributed by atoms with van der Waals surface area (Å²) in [6, 6.07) is 6.03. The molecule has 0 saturated carbocycles. The molecule has 1 aromatic carbocycles. The maximum absolute atomic E-state index is 13.0. The predicted octanol–water partition coefficient (Wildman–Crippen LogP) is 4.02. The van der Waals surface area contributed by atoms with E-state index < -0.39 is 5.82 Å². The Morgan fingerprint density at radius 3 is 2.83 bits per heavy atom. The van der Waals surface area contributed by atoms with Crippen LogP contribution >= 0.6 is 11.3 Å². The maximum Gasteiger partial charge on any atom is 0.187 e. The smallest absolute Gasteiger partial charge is 0.187 e. The highest BCUT2D eigenvalue weighted by molar-refractivity contribution is 7.13. The molecule has 0 spiro atoms. The molecule has 0 bridgehead atoms. The summed E-state index contributed by atoms with van der Waals surface area (Å²) in [6.45, 7) is 4.13. The molecular weight excluding hydrogens is 249 g/mol. The number of rotatable bonds is 3. The highest BCUT2D eigenvalue weighted by Gasteiger charge is 2.08. The molecule has 1 aromatic heterocycles. The Bertz CT molecular complexity index is 599. The summed E-state index contributed by atoms with van der Waals surface area (Å²) in [7, 11) is 0. The first-order chi connectivity index (χ1) is 8.60. The average Bonchev–Trinajstić information content (AvgIpc) is 2.80. The van der Waals surface area contributed by atoms with Crippen molar-refractivity contribution in [2.45, 2.75) is 19.8 Å². The van der Waals surface area contributed by atoms with Crippen LogP contribution in [-0.2, 0) is 0 Å². The van der Waals surface area contributed by atoms with Crippen molar-refractivity contribution in [2.24, 2.45) is 0 Å². The number of thiazole rings is 1. The van der Waals surface area contributed by atoms with E-state index in [1.54, 1.807) is 6.07 Å². The van der Waals surface area contributed by atoms with Gasteiger partial charge in [0.2, 0.25) is 0 Å². The van der Waals surface area contributed by atoms with E-state index in [1.165, 1.54) is 23.5 Å². The van der Waals surface area contributed by atoms with E-state index in [0.29, 0.717) is 16.7 Å². The second kappa shape index (κ2) is 5.15. The molecule has 92 valence electrons. The molecule has 0 aliphatic carbocycles. The Kier molecular flexibility index (Phi) is 3.58. The number of hydrogen-bond donors (Lipinski definition) is 1. The van der Waals surface area contributed by atoms with Crippen LogP contribution in [-0.4, -0.2) is 4.98 Å². The zero-order chi connectivity index (χ0) is 13.1. The molecule has 0 aliphatic heterocycles. The lowest BCUT2D eigenvalue weighted by Crippen LogP contribution is -1.95. The Hall–Kier alpha value is -1.93. The van der Waals surface area contributed by atoms with Gasteiger partial charge in [0.25, 0.3) is 0 Å². The van der Waals surface area contributed by atoms with Crippen LogP contribution in [0.15, 0.2) is 23.6 Å². The quantitative estimate of drug-likeness (QED) is 0.907. The molecule has 3 nitrogen and oxygen atoms in total. The van der Waals surface area contributed by atoms with Crippen molar-refractivity contribution in [1.29, 1.82) is 5.26 Å². The molecule has 1 N–H and O–H groups in total. The third-order valence-electron chi connectivity index (χ3n) is 2.46. The predicted molar refractivity (Wildman–Crippen MR) is 70.6 cm³/mol. The number of benzene rings is 1. The van der Waals surface area contributed by atoms with Gasteiger partial charge in [-0.1, -0.05) is 13.8 Å². The van der Waals surface area contributed by atoms with Crippen LogP contribution in [0, 0.1) is 17.1 Å². The molecule has 0 atom stereocenters. The molecule has 1 heterocycles. The summed E-state index contributed by atoms with van der Waals surface area (Å²) in [4.78, 5) is 4.41. The van der Waals surface area contributed by atoms with E-state index >= 15 is 0 Å². The molecule has 18 heavy (non-hydrogen) atoms. The van der Waals surface area contributed by atoms with Crippen molar-refractivity contribution in [3.63, 3.8) is 0 Å². The highest BCUT2D eigenvalue weighted by Crippen LogP contribution is 2.26. The van der Waals surface area contributed by atoms with Gasteiger partial charge in [-0.2, -0.15) is 5.26 Å². The maximum atomic E-state index is 13.0. The van der Waals surface area contributed by atoms with Crippen molar-refractivity contribution in [1.82, 2.24) is 4.98 Å². The molecule has 2 aromatic rings. The Labute approximate surface area is 109 Å². The van der Waals surface area contributed by atoms with Gasteiger partial charge < -0.3 is 5.32 Å². The first-order valence-corrected chi connectivity index (χ1v) is 6.40. The molecule has 2 rings (SSSR count). The molecular formula is C13H12FN3S. The first-order valence-electron chi connectivity index (χ1n) is 5.52. The van der Waals surface area contributed by atoms with Gasteiger partial charge in [-0.3, -0.25) is 0 Å². The van der Waals surface area contributed by atoms with Crippen molar-refractivity contribution >= 4 is 22.2 Å². The largest absolute Gasteiger partial charge is 0.330 e. The van der Waals surface area contributed by atoms with Crippen LogP contribution in [0.25, 0.3) is 0 Å². The van der Waals surface area contributed by atoms with Crippen molar-refractivity contribution in [3.8, 4) is 6.07 Å². The summed E-state index contributed by atoms with van der Waals surface area (Å²) in [5.41, 5.74) is 1.85. The lowest BCUT2D eigenvalue weighted by atomic mass is 10.2. The van der Waals surface area contributed by atoms with Crippen LogP contribution in [0.2, 0.25) is 0 Å². The number of nitrogens with zero attached hydrogens (tertiary/aromatic N) is 2. The lowest BCUT2D eigenvalue weighted by Gasteiger charge is -2.04. The van der Waals surface area contributed by atoms with E-state index in [2.05, 4.69) is 24.1 Å². The molecule has 0 fully saturated rings. The van der Waals surface area contributed by atoms with Gasteiger partial charge in [-0.05, 0) is 24.1 Å². The van der Waals surface area contributed by atoms with Gasteiger partial charge in [-0.15, -0.1) is 11.3 Å². The summed E-state index contributed by atoms with van der Waals surface area (Å²) < 4.78 is 13.0. The fraction of sp³-hybridized carbons (Fsp3) is 0.231. The van der Waals surface area contributed by atoms with Crippen molar-refractivity contribution in [2.75, 3.05) is 5.32 Å². The van der Waals surface area contributed by atoms with E-state index in [9.17, 15) is 4.39 Å². The number of nitrogens with one attached hydrogen (secondary N) is 1. The Balaban J connectivity index is 2.26. The van der Waals surface area contributed by atoms with Gasteiger partial charge in [0.05, 0.1) is 16.9 Å². The zero-order valence-corrected chi connectivity index (χ0v) is 10.9. The van der Waals surface area contributed by atoms with E-state index in [0.717, 1.165) is 5.69 Å². The monoisotopic (exact) mass is 261 g/mol. The molecule has 0 amide bonds. The summed E-state index contributed by atoms with van der Waals surface area (Å²) in [5, 5.41) is 14.7. The first kappa shape index (κ1) is 12.5. The molecule has 0 saturated heterocycles. The third kappa shape index (κ3) is 2.66. The van der Waals surface area contributed by atoms with Crippen LogP contribution in [0.4, 0.5) is 15.2 Å². The molecule has 0 unspecified atom stereocenters. The lowest BCUT2D eigenvalue weighted by molar-refractivity contribution is 0.627. The van der Waals surface area contributed by atoms with Gasteiger partial charge in [0.1, 0.15) is 11.9 Å². The normalized spacial score (nSPS) is 10.4. The summed E-state index contributed by atoms with van der Waals surface area (Å²) >= 11 is 1.47. The van der Waals surface area contributed by atoms with Crippen LogP contribution < -0.4 is 5.32 Å². The second-order valence-corrected chi connectivity index (χ2v) is 5.02. The van der Waals surface area contributed by atoms with Gasteiger partial charge in [0, 0.05) is 5.38 Å². The minimum absolute atomic E-state index is 0.274.